The van der Waals surface area contributed by atoms with Crippen molar-refractivity contribution in [1.82, 2.24) is 4.98 Å². The highest BCUT2D eigenvalue weighted by molar-refractivity contribution is 7.13. The number of carbonyl (C=O) groups excluding carboxylic acids is 1. The van der Waals surface area contributed by atoms with E-state index in [9.17, 15) is 14.7 Å². The molecule has 0 amide bonds. The molecule has 0 unspecified atom stereocenters. The Hall–Kier alpha value is -2.01. The molecule has 1 N–H and O–H groups in total. The third-order valence-electron chi connectivity index (χ3n) is 4.29. The maximum absolute atomic E-state index is 12.2. The summed E-state index contributed by atoms with van der Waals surface area (Å²) in [5.41, 5.74) is 2.93. The molecule has 1 aromatic heterocycles. The Kier molecular flexibility index (Phi) is 6.26. The lowest BCUT2D eigenvalue weighted by molar-refractivity contribution is -0.145. The van der Waals surface area contributed by atoms with Gasteiger partial charge < -0.3 is 5.11 Å². The Morgan fingerprint density at radius 1 is 1.33 bits per heavy atom. The Morgan fingerprint density at radius 2 is 2.08 bits per heavy atom. The minimum atomic E-state index is -0.892. The number of carboxylic acids is 1. The lowest BCUT2D eigenvalue weighted by Crippen LogP contribution is -2.25. The third kappa shape index (κ3) is 4.74. The molecule has 4 nitrogen and oxygen atoms in total. The van der Waals surface area contributed by atoms with Crippen LogP contribution >= 0.6 is 11.3 Å². The summed E-state index contributed by atoms with van der Waals surface area (Å²) >= 11 is 1.51. The first-order chi connectivity index (χ1) is 11.4. The first-order valence-corrected chi connectivity index (χ1v) is 9.04. The number of aromatic nitrogens is 1. The maximum atomic E-state index is 12.2. The minimum Gasteiger partial charge on any atom is -0.481 e. The standard InChI is InChI=1S/C19H23NO3S/c1-4-13(3)17(19(22)23)10-16(21)9-15-11-24-18(20-15)14-7-5-6-12(2)8-14/h5-8,11,13,17H,4,9-10H2,1-3H3,(H,22,23)/t13-,17-/m0/s1. The number of benzene rings is 1. The number of aliphatic carboxylic acids is 1. The van der Waals surface area contributed by atoms with Gasteiger partial charge >= 0.3 is 5.97 Å². The average Bonchev–Trinajstić information content (AvgIpc) is 3.00. The van der Waals surface area contributed by atoms with Crippen LogP contribution in [0.25, 0.3) is 10.6 Å². The van der Waals surface area contributed by atoms with Gasteiger partial charge in [0.2, 0.25) is 0 Å². The van der Waals surface area contributed by atoms with Crippen LogP contribution in [0.2, 0.25) is 0 Å². The molecule has 0 saturated heterocycles. The van der Waals surface area contributed by atoms with E-state index in [1.54, 1.807) is 0 Å². The number of carboxylic acid groups (broad SMARTS) is 1. The number of rotatable bonds is 8. The highest BCUT2D eigenvalue weighted by Gasteiger charge is 2.26. The van der Waals surface area contributed by atoms with E-state index in [4.69, 9.17) is 0 Å². The first kappa shape index (κ1) is 18.3. The van der Waals surface area contributed by atoms with Crippen LogP contribution in [0.3, 0.4) is 0 Å². The summed E-state index contributed by atoms with van der Waals surface area (Å²) in [5.74, 6) is -1.58. The van der Waals surface area contributed by atoms with Gasteiger partial charge in [0, 0.05) is 23.8 Å². The largest absolute Gasteiger partial charge is 0.481 e. The number of carbonyl (C=O) groups is 2. The van der Waals surface area contributed by atoms with Crippen molar-refractivity contribution >= 4 is 23.1 Å². The van der Waals surface area contributed by atoms with E-state index in [2.05, 4.69) is 11.1 Å². The SMILES string of the molecule is CC[C@H](C)[C@H](CC(=O)Cc1csc(-c2cccc(C)c2)n1)C(=O)O. The summed E-state index contributed by atoms with van der Waals surface area (Å²) in [6.07, 6.45) is 1.02. The fourth-order valence-electron chi connectivity index (χ4n) is 2.63. The molecule has 0 spiro atoms. The van der Waals surface area contributed by atoms with Crippen LogP contribution in [0.1, 0.15) is 37.9 Å². The molecule has 0 bridgehead atoms. The lowest BCUT2D eigenvalue weighted by atomic mass is 9.87. The molecular weight excluding hydrogens is 322 g/mol. The normalized spacial score (nSPS) is 13.5. The average molecular weight is 345 g/mol. The van der Waals surface area contributed by atoms with Crippen molar-refractivity contribution < 1.29 is 14.7 Å². The zero-order valence-corrected chi connectivity index (χ0v) is 15.1. The molecule has 0 aliphatic heterocycles. The molecule has 24 heavy (non-hydrogen) atoms. The highest BCUT2D eigenvalue weighted by Crippen LogP contribution is 2.25. The second kappa shape index (κ2) is 8.20. The maximum Gasteiger partial charge on any atom is 0.307 e. The van der Waals surface area contributed by atoms with Crippen molar-refractivity contribution in [1.29, 1.82) is 0 Å². The molecule has 5 heteroatoms. The van der Waals surface area contributed by atoms with Gasteiger partial charge in [-0.15, -0.1) is 11.3 Å². The van der Waals surface area contributed by atoms with Gasteiger partial charge in [-0.1, -0.05) is 44.0 Å². The summed E-state index contributed by atoms with van der Waals surface area (Å²) in [7, 11) is 0. The molecule has 0 saturated carbocycles. The van der Waals surface area contributed by atoms with Crippen molar-refractivity contribution in [3.05, 3.63) is 40.9 Å². The molecule has 0 fully saturated rings. The van der Waals surface area contributed by atoms with Gasteiger partial charge in [-0.2, -0.15) is 0 Å². The van der Waals surface area contributed by atoms with E-state index in [1.165, 1.54) is 11.3 Å². The second-order valence-electron chi connectivity index (χ2n) is 6.26. The fourth-order valence-corrected chi connectivity index (χ4v) is 3.45. The zero-order chi connectivity index (χ0) is 17.7. The summed E-state index contributed by atoms with van der Waals surface area (Å²) in [6.45, 7) is 5.85. The van der Waals surface area contributed by atoms with Gasteiger partial charge in [0.1, 0.15) is 10.8 Å². The van der Waals surface area contributed by atoms with E-state index in [0.717, 1.165) is 28.2 Å². The van der Waals surface area contributed by atoms with E-state index in [-0.39, 0.29) is 24.5 Å². The van der Waals surface area contributed by atoms with Gasteiger partial charge in [0.25, 0.3) is 0 Å². The summed E-state index contributed by atoms with van der Waals surface area (Å²) in [5, 5.41) is 12.1. The van der Waals surface area contributed by atoms with E-state index < -0.39 is 11.9 Å². The summed E-state index contributed by atoms with van der Waals surface area (Å²) < 4.78 is 0. The van der Waals surface area contributed by atoms with E-state index >= 15 is 0 Å². The Labute approximate surface area is 146 Å². The molecule has 2 atom stereocenters. The minimum absolute atomic E-state index is 0.00950. The van der Waals surface area contributed by atoms with Crippen LogP contribution in [-0.4, -0.2) is 21.8 Å². The van der Waals surface area contributed by atoms with Gasteiger partial charge in [0.05, 0.1) is 11.6 Å². The number of ketones is 1. The highest BCUT2D eigenvalue weighted by atomic mass is 32.1. The number of hydrogen-bond donors (Lipinski definition) is 1. The molecule has 1 aromatic carbocycles. The van der Waals surface area contributed by atoms with Crippen LogP contribution in [0.15, 0.2) is 29.6 Å². The number of nitrogens with zero attached hydrogens (tertiary/aromatic N) is 1. The topological polar surface area (TPSA) is 67.3 Å². The first-order valence-electron chi connectivity index (χ1n) is 8.16. The van der Waals surface area contributed by atoms with Crippen molar-refractivity contribution in [3.63, 3.8) is 0 Å². The van der Waals surface area contributed by atoms with Crippen LogP contribution in [0, 0.1) is 18.8 Å². The molecule has 0 aliphatic rings. The quantitative estimate of drug-likeness (QED) is 0.771. The van der Waals surface area contributed by atoms with Crippen LogP contribution in [-0.2, 0) is 16.0 Å². The summed E-state index contributed by atoms with van der Waals surface area (Å²) in [4.78, 5) is 28.1. The smallest absolute Gasteiger partial charge is 0.307 e. The van der Waals surface area contributed by atoms with Gasteiger partial charge in [-0.3, -0.25) is 9.59 Å². The Bertz CT molecular complexity index is 723. The van der Waals surface area contributed by atoms with E-state index in [0.29, 0.717) is 0 Å². The van der Waals surface area contributed by atoms with Gasteiger partial charge in [0.15, 0.2) is 0 Å². The Morgan fingerprint density at radius 3 is 2.71 bits per heavy atom. The van der Waals surface area contributed by atoms with Crippen molar-refractivity contribution in [2.24, 2.45) is 11.8 Å². The predicted octanol–water partition coefficient (Wildman–Crippen LogP) is 4.37. The second-order valence-corrected chi connectivity index (χ2v) is 7.12. The van der Waals surface area contributed by atoms with Gasteiger partial charge in [-0.05, 0) is 18.9 Å². The predicted molar refractivity (Wildman–Crippen MR) is 96.2 cm³/mol. The monoisotopic (exact) mass is 345 g/mol. The summed E-state index contributed by atoms with van der Waals surface area (Å²) in [6, 6.07) is 8.08. The number of aryl methyl sites for hydroxylation is 1. The number of hydrogen-bond acceptors (Lipinski definition) is 4. The van der Waals surface area contributed by atoms with Crippen molar-refractivity contribution in [2.45, 2.75) is 40.0 Å². The molecular formula is C19H23NO3S. The fraction of sp³-hybridized carbons (Fsp3) is 0.421. The molecule has 128 valence electrons. The molecule has 1 heterocycles. The lowest BCUT2D eigenvalue weighted by Gasteiger charge is -2.17. The molecule has 0 radical (unpaired) electrons. The van der Waals surface area contributed by atoms with Crippen molar-refractivity contribution in [3.8, 4) is 10.6 Å². The molecule has 2 rings (SSSR count). The van der Waals surface area contributed by atoms with Crippen molar-refractivity contribution in [2.75, 3.05) is 0 Å². The van der Waals surface area contributed by atoms with E-state index in [1.807, 2.05) is 44.4 Å². The molecule has 2 aromatic rings. The van der Waals surface area contributed by atoms with Crippen LogP contribution in [0.5, 0.6) is 0 Å². The van der Waals surface area contributed by atoms with Crippen LogP contribution in [0.4, 0.5) is 0 Å². The third-order valence-corrected chi connectivity index (χ3v) is 5.23. The number of Topliss-reactive ketones (excluding diaryl/α,β-unsaturated/α-hetero) is 1. The van der Waals surface area contributed by atoms with Crippen LogP contribution < -0.4 is 0 Å². The van der Waals surface area contributed by atoms with Gasteiger partial charge in [-0.25, -0.2) is 4.98 Å². The Balaban J connectivity index is 2.03. The molecule has 0 aliphatic carbocycles. The zero-order valence-electron chi connectivity index (χ0n) is 14.3. The number of thiazole rings is 1.